The molecule has 5 nitrogen and oxygen atoms in total. The summed E-state index contributed by atoms with van der Waals surface area (Å²) in [5.41, 5.74) is -2.07. The standard InChI is InChI=1S/C21H26F6N4OS/c1-13(14-6-5-7-15(12-14)20(22,23)24)28-19(32)17-18(21(25,26)27)29-16(33-17)8-9-31(4)11-10-30(2)3/h5-7,12-13H,8-11H2,1-4H3,(H,28,32). The van der Waals surface area contributed by atoms with E-state index in [-0.39, 0.29) is 17.0 Å². The Kier molecular flexibility index (Phi) is 8.88. The number of carbonyl (C=O) groups excluding carboxylic acids is 1. The monoisotopic (exact) mass is 496 g/mol. The first-order valence-electron chi connectivity index (χ1n) is 10.1. The number of amides is 1. The van der Waals surface area contributed by atoms with Crippen molar-refractivity contribution < 1.29 is 31.1 Å². The molecule has 12 heteroatoms. The Labute approximate surface area is 192 Å². The normalized spacial score (nSPS) is 13.6. The molecule has 0 fully saturated rings. The zero-order valence-corrected chi connectivity index (χ0v) is 19.5. The Morgan fingerprint density at radius 2 is 1.73 bits per heavy atom. The Balaban J connectivity index is 2.16. The molecule has 0 saturated heterocycles. The van der Waals surface area contributed by atoms with Crippen LogP contribution in [-0.4, -0.2) is 61.5 Å². The lowest BCUT2D eigenvalue weighted by molar-refractivity contribution is -0.141. The van der Waals surface area contributed by atoms with Gasteiger partial charge in [0, 0.05) is 26.1 Å². The number of halogens is 6. The van der Waals surface area contributed by atoms with Crippen LogP contribution in [0.3, 0.4) is 0 Å². The van der Waals surface area contributed by atoms with Crippen LogP contribution in [0.1, 0.15) is 44.5 Å². The van der Waals surface area contributed by atoms with Crippen molar-refractivity contribution in [3.05, 3.63) is 51.0 Å². The minimum atomic E-state index is -4.84. The van der Waals surface area contributed by atoms with Crippen LogP contribution in [0.4, 0.5) is 26.3 Å². The fourth-order valence-electron chi connectivity index (χ4n) is 2.92. The molecule has 1 heterocycles. The Hall–Kier alpha value is -2.18. The van der Waals surface area contributed by atoms with E-state index in [1.165, 1.54) is 19.1 Å². The Morgan fingerprint density at radius 3 is 2.30 bits per heavy atom. The largest absolute Gasteiger partial charge is 0.435 e. The van der Waals surface area contributed by atoms with Gasteiger partial charge in [0.2, 0.25) is 0 Å². The highest BCUT2D eigenvalue weighted by Crippen LogP contribution is 2.35. The lowest BCUT2D eigenvalue weighted by Gasteiger charge is -2.18. The number of rotatable bonds is 9. The van der Waals surface area contributed by atoms with E-state index in [4.69, 9.17) is 0 Å². The number of nitrogens with one attached hydrogen (secondary N) is 1. The molecule has 0 spiro atoms. The van der Waals surface area contributed by atoms with E-state index in [0.717, 1.165) is 18.7 Å². The Bertz CT molecular complexity index is 942. The smallest absolute Gasteiger partial charge is 0.345 e. The number of nitrogens with zero attached hydrogens (tertiary/aromatic N) is 3. The van der Waals surface area contributed by atoms with Crippen molar-refractivity contribution >= 4 is 17.2 Å². The molecule has 1 amide bonds. The summed E-state index contributed by atoms with van der Waals surface area (Å²) in [5, 5.41) is 2.53. The van der Waals surface area contributed by atoms with Gasteiger partial charge in [0.1, 0.15) is 4.88 Å². The summed E-state index contributed by atoms with van der Waals surface area (Å²) in [4.78, 5) is 19.6. The van der Waals surface area contributed by atoms with Crippen molar-refractivity contribution in [2.45, 2.75) is 31.7 Å². The molecule has 1 N–H and O–H groups in total. The van der Waals surface area contributed by atoms with Gasteiger partial charge in [0.15, 0.2) is 5.69 Å². The maximum Gasteiger partial charge on any atom is 0.435 e. The molecule has 0 aliphatic carbocycles. The molecule has 1 aromatic heterocycles. The van der Waals surface area contributed by atoms with E-state index in [1.54, 1.807) is 0 Å². The molecular formula is C21H26F6N4OS. The fraction of sp³-hybridized carbons (Fsp3) is 0.524. The molecule has 1 atom stereocenters. The molecule has 1 aromatic carbocycles. The predicted octanol–water partition coefficient (Wildman–Crippen LogP) is 4.71. The summed E-state index contributed by atoms with van der Waals surface area (Å²) in [6.45, 7) is 3.36. The van der Waals surface area contributed by atoms with Gasteiger partial charge in [0.05, 0.1) is 16.6 Å². The first-order valence-corrected chi connectivity index (χ1v) is 10.9. The van der Waals surface area contributed by atoms with Gasteiger partial charge in [-0.05, 0) is 45.8 Å². The van der Waals surface area contributed by atoms with Crippen molar-refractivity contribution in [2.75, 3.05) is 40.8 Å². The predicted molar refractivity (Wildman–Crippen MR) is 114 cm³/mol. The van der Waals surface area contributed by atoms with Gasteiger partial charge >= 0.3 is 12.4 Å². The maximum atomic E-state index is 13.5. The average molecular weight is 497 g/mol. The number of benzene rings is 1. The molecule has 2 aromatic rings. The van der Waals surface area contributed by atoms with Crippen LogP contribution in [0.25, 0.3) is 0 Å². The summed E-state index contributed by atoms with van der Waals surface area (Å²) in [7, 11) is 5.66. The second kappa shape index (κ2) is 10.8. The number of alkyl halides is 6. The summed E-state index contributed by atoms with van der Waals surface area (Å²) in [5.74, 6) is -1.03. The fourth-order valence-corrected chi connectivity index (χ4v) is 3.89. The number of aromatic nitrogens is 1. The summed E-state index contributed by atoms with van der Waals surface area (Å²) in [6, 6.07) is 3.34. The third kappa shape index (κ3) is 7.97. The van der Waals surface area contributed by atoms with Crippen molar-refractivity contribution in [2.24, 2.45) is 0 Å². The van der Waals surface area contributed by atoms with E-state index < -0.39 is 40.4 Å². The van der Waals surface area contributed by atoms with E-state index in [0.29, 0.717) is 24.4 Å². The molecule has 1 unspecified atom stereocenters. The van der Waals surface area contributed by atoms with Crippen molar-refractivity contribution in [1.82, 2.24) is 20.1 Å². The van der Waals surface area contributed by atoms with Gasteiger partial charge in [0.25, 0.3) is 5.91 Å². The second-order valence-electron chi connectivity index (χ2n) is 7.96. The second-order valence-corrected chi connectivity index (χ2v) is 9.04. The van der Waals surface area contributed by atoms with E-state index >= 15 is 0 Å². The van der Waals surface area contributed by atoms with Crippen LogP contribution in [0.15, 0.2) is 24.3 Å². The van der Waals surface area contributed by atoms with Gasteiger partial charge < -0.3 is 15.1 Å². The number of carbonyl (C=O) groups is 1. The van der Waals surface area contributed by atoms with Gasteiger partial charge in [-0.15, -0.1) is 11.3 Å². The molecular weight excluding hydrogens is 470 g/mol. The zero-order valence-electron chi connectivity index (χ0n) is 18.6. The average Bonchev–Trinajstić information content (AvgIpc) is 3.15. The number of likely N-dealkylation sites (N-methyl/N-ethyl adjacent to an activating group) is 2. The third-order valence-electron chi connectivity index (χ3n) is 4.84. The topological polar surface area (TPSA) is 48.5 Å². The number of hydrogen-bond donors (Lipinski definition) is 1. The van der Waals surface area contributed by atoms with Crippen LogP contribution >= 0.6 is 11.3 Å². The van der Waals surface area contributed by atoms with Crippen molar-refractivity contribution in [1.29, 1.82) is 0 Å². The van der Waals surface area contributed by atoms with E-state index in [1.807, 2.05) is 30.9 Å². The van der Waals surface area contributed by atoms with Gasteiger partial charge in [-0.2, -0.15) is 26.3 Å². The highest BCUT2D eigenvalue weighted by Gasteiger charge is 2.40. The molecule has 184 valence electrons. The summed E-state index contributed by atoms with van der Waals surface area (Å²) < 4.78 is 79.3. The van der Waals surface area contributed by atoms with Gasteiger partial charge in [-0.1, -0.05) is 12.1 Å². The number of thiazole rings is 1. The summed E-state index contributed by atoms with van der Waals surface area (Å²) >= 11 is 0.645. The van der Waals surface area contributed by atoms with E-state index in [9.17, 15) is 31.1 Å². The molecule has 33 heavy (non-hydrogen) atoms. The molecule has 0 bridgehead atoms. The minimum absolute atomic E-state index is 0.124. The van der Waals surface area contributed by atoms with Crippen LogP contribution in [0, 0.1) is 0 Å². The number of hydrogen-bond acceptors (Lipinski definition) is 5. The lowest BCUT2D eigenvalue weighted by Crippen LogP contribution is -2.30. The molecule has 0 aliphatic rings. The van der Waals surface area contributed by atoms with Crippen LogP contribution in [-0.2, 0) is 18.8 Å². The lowest BCUT2D eigenvalue weighted by atomic mass is 10.0. The van der Waals surface area contributed by atoms with E-state index in [2.05, 4.69) is 10.3 Å². The first kappa shape index (κ1) is 27.1. The SMILES string of the molecule is CC(NC(=O)c1sc(CCN(C)CCN(C)C)nc1C(F)(F)F)c1cccc(C(F)(F)F)c1. The first-order chi connectivity index (χ1) is 15.2. The Morgan fingerprint density at radius 1 is 1.06 bits per heavy atom. The maximum absolute atomic E-state index is 13.5. The van der Waals surface area contributed by atoms with Crippen LogP contribution in [0.2, 0.25) is 0 Å². The summed E-state index contributed by atoms with van der Waals surface area (Å²) in [6.07, 6.45) is -9.18. The van der Waals surface area contributed by atoms with Crippen molar-refractivity contribution in [3.63, 3.8) is 0 Å². The zero-order chi connectivity index (χ0) is 25.0. The van der Waals surface area contributed by atoms with Crippen molar-refractivity contribution in [3.8, 4) is 0 Å². The molecule has 0 saturated carbocycles. The highest BCUT2D eigenvalue weighted by atomic mass is 32.1. The molecule has 0 radical (unpaired) electrons. The van der Waals surface area contributed by atoms with Crippen LogP contribution in [0.5, 0.6) is 0 Å². The minimum Gasteiger partial charge on any atom is -0.345 e. The third-order valence-corrected chi connectivity index (χ3v) is 5.96. The quantitative estimate of drug-likeness (QED) is 0.511. The van der Waals surface area contributed by atoms with Gasteiger partial charge in [-0.3, -0.25) is 4.79 Å². The molecule has 2 rings (SSSR count). The molecule has 0 aliphatic heterocycles. The van der Waals surface area contributed by atoms with Crippen LogP contribution < -0.4 is 5.32 Å². The highest BCUT2D eigenvalue weighted by molar-refractivity contribution is 7.13. The van der Waals surface area contributed by atoms with Gasteiger partial charge in [-0.25, -0.2) is 4.98 Å².